The summed E-state index contributed by atoms with van der Waals surface area (Å²) >= 11 is 4.82. The van der Waals surface area contributed by atoms with Crippen molar-refractivity contribution < 1.29 is 4.79 Å². The van der Waals surface area contributed by atoms with Gasteiger partial charge < -0.3 is 16.8 Å². The lowest BCUT2D eigenvalue weighted by Gasteiger charge is -2.15. The summed E-state index contributed by atoms with van der Waals surface area (Å²) in [6.45, 7) is 0. The highest BCUT2D eigenvalue weighted by Crippen LogP contribution is 2.12. The number of urea groups is 1. The van der Waals surface area contributed by atoms with Gasteiger partial charge in [0.25, 0.3) is 0 Å². The summed E-state index contributed by atoms with van der Waals surface area (Å²) in [6, 6.07) is 8.03. The molecule has 0 fully saturated rings. The van der Waals surface area contributed by atoms with Crippen LogP contribution in [0.4, 0.5) is 4.79 Å². The molecule has 0 aliphatic carbocycles. The van der Waals surface area contributed by atoms with E-state index in [0.717, 1.165) is 5.56 Å². The van der Waals surface area contributed by atoms with Crippen LogP contribution in [-0.2, 0) is 0 Å². The van der Waals surface area contributed by atoms with Crippen molar-refractivity contribution in [2.75, 3.05) is 0 Å². The minimum absolute atomic E-state index is 0.190. The van der Waals surface area contributed by atoms with Crippen molar-refractivity contribution >= 4 is 23.2 Å². The highest BCUT2D eigenvalue weighted by atomic mass is 32.1. The number of hydrogen-bond acceptors (Lipinski definition) is 2. The van der Waals surface area contributed by atoms with E-state index in [1.807, 2.05) is 30.3 Å². The molecule has 1 aromatic carbocycles. The number of carbonyl (C=O) groups excluding carboxylic acids is 1. The van der Waals surface area contributed by atoms with E-state index in [4.69, 9.17) is 23.7 Å². The van der Waals surface area contributed by atoms with Crippen LogP contribution in [0.3, 0.4) is 0 Å². The third kappa shape index (κ3) is 2.70. The average Bonchev–Trinajstić information content (AvgIpc) is 2.15. The lowest BCUT2D eigenvalue weighted by atomic mass is 10.1. The zero-order valence-electron chi connectivity index (χ0n) is 7.44. The molecule has 0 aromatic heterocycles. The van der Waals surface area contributed by atoms with E-state index in [1.54, 1.807) is 0 Å². The Morgan fingerprint density at radius 1 is 1.29 bits per heavy atom. The van der Waals surface area contributed by atoms with Gasteiger partial charge in [0.15, 0.2) is 0 Å². The van der Waals surface area contributed by atoms with Gasteiger partial charge in [0.2, 0.25) is 0 Å². The fourth-order valence-corrected chi connectivity index (χ4v) is 1.30. The smallest absolute Gasteiger partial charge is 0.313 e. The molecule has 4 nitrogen and oxygen atoms in total. The molecule has 1 aromatic rings. The van der Waals surface area contributed by atoms with Gasteiger partial charge in [-0.15, -0.1) is 0 Å². The number of nitrogens with one attached hydrogen (secondary N) is 1. The molecule has 5 N–H and O–H groups in total. The molecule has 0 spiro atoms. The van der Waals surface area contributed by atoms with Crippen LogP contribution in [0.15, 0.2) is 30.3 Å². The summed E-state index contributed by atoms with van der Waals surface area (Å²) < 4.78 is 0. The standard InChI is InChI=1S/C9H11N3OS/c10-8(14)7(12-9(11)13)6-4-2-1-3-5-6/h1-5,7H,(H2,10,14)(H3,11,12,13). The lowest BCUT2D eigenvalue weighted by Crippen LogP contribution is -2.39. The van der Waals surface area contributed by atoms with Crippen molar-refractivity contribution in [2.24, 2.45) is 11.5 Å². The van der Waals surface area contributed by atoms with Crippen molar-refractivity contribution in [1.29, 1.82) is 0 Å². The Hall–Kier alpha value is -1.62. The highest BCUT2D eigenvalue weighted by Gasteiger charge is 2.14. The van der Waals surface area contributed by atoms with Crippen LogP contribution >= 0.6 is 12.2 Å². The van der Waals surface area contributed by atoms with E-state index in [9.17, 15) is 4.79 Å². The third-order valence-electron chi connectivity index (χ3n) is 1.70. The maximum atomic E-state index is 10.7. The molecule has 5 heteroatoms. The van der Waals surface area contributed by atoms with Gasteiger partial charge in [-0.2, -0.15) is 0 Å². The zero-order valence-corrected chi connectivity index (χ0v) is 8.25. The fraction of sp³-hybridized carbons (Fsp3) is 0.111. The Labute approximate surface area is 87.3 Å². The Morgan fingerprint density at radius 2 is 1.86 bits per heavy atom. The number of nitrogens with two attached hydrogens (primary N) is 2. The summed E-state index contributed by atoms with van der Waals surface area (Å²) in [5, 5.41) is 2.47. The zero-order chi connectivity index (χ0) is 10.6. The summed E-state index contributed by atoms with van der Waals surface area (Å²) in [7, 11) is 0. The molecule has 1 atom stereocenters. The van der Waals surface area contributed by atoms with Gasteiger partial charge in [0.05, 0.1) is 0 Å². The van der Waals surface area contributed by atoms with Crippen LogP contribution in [0.5, 0.6) is 0 Å². The summed E-state index contributed by atoms with van der Waals surface area (Å²) in [5.41, 5.74) is 11.3. The van der Waals surface area contributed by atoms with Crippen molar-refractivity contribution in [3.63, 3.8) is 0 Å². The molecule has 0 aliphatic heterocycles. The first kappa shape index (κ1) is 10.5. The van der Waals surface area contributed by atoms with Crippen LogP contribution in [-0.4, -0.2) is 11.0 Å². The molecule has 0 heterocycles. The fourth-order valence-electron chi connectivity index (χ4n) is 1.11. The van der Waals surface area contributed by atoms with Crippen LogP contribution in [0, 0.1) is 0 Å². The minimum Gasteiger partial charge on any atom is -0.391 e. The lowest BCUT2D eigenvalue weighted by molar-refractivity contribution is 0.247. The van der Waals surface area contributed by atoms with Crippen LogP contribution in [0.2, 0.25) is 0 Å². The predicted molar refractivity (Wildman–Crippen MR) is 58.7 cm³/mol. The number of hydrogen-bond donors (Lipinski definition) is 3. The Morgan fingerprint density at radius 3 is 2.29 bits per heavy atom. The molecule has 1 unspecified atom stereocenters. The monoisotopic (exact) mass is 209 g/mol. The molecule has 0 aliphatic rings. The van der Waals surface area contributed by atoms with E-state index in [0.29, 0.717) is 0 Å². The van der Waals surface area contributed by atoms with Crippen molar-refractivity contribution in [3.05, 3.63) is 35.9 Å². The number of rotatable bonds is 3. The molecular weight excluding hydrogens is 198 g/mol. The summed E-state index contributed by atoms with van der Waals surface area (Å²) in [6.07, 6.45) is 0. The average molecular weight is 209 g/mol. The quantitative estimate of drug-likeness (QED) is 0.640. The molecule has 1 rings (SSSR count). The molecule has 0 radical (unpaired) electrons. The number of thiocarbonyl (C=S) groups is 1. The minimum atomic E-state index is -0.647. The van der Waals surface area contributed by atoms with Crippen molar-refractivity contribution in [1.82, 2.24) is 5.32 Å². The topological polar surface area (TPSA) is 81.1 Å². The van der Waals surface area contributed by atoms with Crippen molar-refractivity contribution in [3.8, 4) is 0 Å². The maximum absolute atomic E-state index is 10.7. The van der Waals surface area contributed by atoms with Crippen LogP contribution in [0.1, 0.15) is 11.6 Å². The van der Waals surface area contributed by atoms with E-state index in [-0.39, 0.29) is 4.99 Å². The Bertz CT molecular complexity index is 339. The second-order valence-electron chi connectivity index (χ2n) is 2.75. The van der Waals surface area contributed by atoms with Gasteiger partial charge in [0, 0.05) is 0 Å². The number of amides is 2. The van der Waals surface area contributed by atoms with Gasteiger partial charge in [-0.1, -0.05) is 42.5 Å². The molecule has 0 saturated heterocycles. The second kappa shape index (κ2) is 4.57. The molecule has 0 bridgehead atoms. The van der Waals surface area contributed by atoms with E-state index >= 15 is 0 Å². The molecule has 2 amide bonds. The van der Waals surface area contributed by atoms with Gasteiger partial charge in [-0.25, -0.2) is 4.79 Å². The first-order valence-corrected chi connectivity index (χ1v) is 4.42. The highest BCUT2D eigenvalue weighted by molar-refractivity contribution is 7.80. The number of primary amides is 1. The van der Waals surface area contributed by atoms with Gasteiger partial charge >= 0.3 is 6.03 Å². The first-order valence-electron chi connectivity index (χ1n) is 4.01. The normalized spacial score (nSPS) is 11.7. The van der Waals surface area contributed by atoms with Crippen LogP contribution < -0.4 is 16.8 Å². The van der Waals surface area contributed by atoms with Gasteiger partial charge in [-0.3, -0.25) is 0 Å². The van der Waals surface area contributed by atoms with Gasteiger partial charge in [0.1, 0.15) is 11.0 Å². The molecule has 14 heavy (non-hydrogen) atoms. The van der Waals surface area contributed by atoms with Crippen molar-refractivity contribution in [2.45, 2.75) is 6.04 Å². The SMILES string of the molecule is NC(=O)NC(C(N)=S)c1ccccc1. The Kier molecular flexibility index (Phi) is 3.41. The molecule has 74 valence electrons. The predicted octanol–water partition coefficient (Wildman–Crippen LogP) is 0.682. The summed E-state index contributed by atoms with van der Waals surface area (Å²) in [5.74, 6) is 0. The molecule has 0 saturated carbocycles. The second-order valence-corrected chi connectivity index (χ2v) is 3.23. The molecular formula is C9H11N3OS. The maximum Gasteiger partial charge on any atom is 0.313 e. The van der Waals surface area contributed by atoms with E-state index in [1.165, 1.54) is 0 Å². The Balaban J connectivity index is 2.89. The van der Waals surface area contributed by atoms with Crippen LogP contribution in [0.25, 0.3) is 0 Å². The van der Waals surface area contributed by atoms with E-state index < -0.39 is 12.1 Å². The number of benzene rings is 1. The van der Waals surface area contributed by atoms with E-state index in [2.05, 4.69) is 5.32 Å². The van der Waals surface area contributed by atoms with Gasteiger partial charge in [-0.05, 0) is 5.56 Å². The largest absolute Gasteiger partial charge is 0.391 e. The number of carbonyl (C=O) groups is 1. The first-order chi connectivity index (χ1) is 6.61. The summed E-state index contributed by atoms with van der Waals surface area (Å²) in [4.78, 5) is 10.9. The third-order valence-corrected chi connectivity index (χ3v) is 1.94.